The molecule has 0 saturated heterocycles. The fraction of sp³-hybridized carbons (Fsp3) is 0.211. The molecule has 0 aliphatic heterocycles. The van der Waals surface area contributed by atoms with Crippen molar-refractivity contribution in [2.45, 2.75) is 12.8 Å². The molecule has 2 aromatic heterocycles. The van der Waals surface area contributed by atoms with E-state index in [1.54, 1.807) is 18.4 Å². The first kappa shape index (κ1) is 19.1. The number of carbonyl (C=O) groups excluding carboxylic acids is 2. The molecule has 0 bridgehead atoms. The molecule has 2 heterocycles. The SMILES string of the molecule is COc1ccc(-c2csc(NC(=O)COC(=O)CCc3cccs3)n2)cc1. The van der Waals surface area contributed by atoms with Gasteiger partial charge in [-0.15, -0.1) is 22.7 Å². The number of carbonyl (C=O) groups is 2. The van der Waals surface area contributed by atoms with Crippen LogP contribution in [0.3, 0.4) is 0 Å². The molecule has 6 nitrogen and oxygen atoms in total. The minimum Gasteiger partial charge on any atom is -0.497 e. The lowest BCUT2D eigenvalue weighted by Gasteiger charge is -2.04. The van der Waals surface area contributed by atoms with Crippen molar-refractivity contribution >= 4 is 39.7 Å². The Hall–Kier alpha value is -2.71. The van der Waals surface area contributed by atoms with Gasteiger partial charge in [0.25, 0.3) is 5.91 Å². The van der Waals surface area contributed by atoms with Crippen LogP contribution >= 0.6 is 22.7 Å². The molecular formula is C19H18N2O4S2. The van der Waals surface area contributed by atoms with Crippen LogP contribution in [0.25, 0.3) is 11.3 Å². The van der Waals surface area contributed by atoms with Gasteiger partial charge in [-0.05, 0) is 42.1 Å². The molecule has 8 heteroatoms. The summed E-state index contributed by atoms with van der Waals surface area (Å²) in [5, 5.41) is 6.92. The third-order valence-electron chi connectivity index (χ3n) is 3.66. The first-order valence-corrected chi connectivity index (χ1v) is 9.98. The highest BCUT2D eigenvalue weighted by Crippen LogP contribution is 2.26. The average Bonchev–Trinajstić information content (AvgIpc) is 3.37. The number of ether oxygens (including phenoxy) is 2. The number of esters is 1. The summed E-state index contributed by atoms with van der Waals surface area (Å²) in [6.07, 6.45) is 0.877. The average molecular weight is 402 g/mol. The maximum Gasteiger partial charge on any atom is 0.306 e. The van der Waals surface area contributed by atoms with Gasteiger partial charge >= 0.3 is 5.97 Å². The Labute approximate surface area is 164 Å². The molecule has 0 fully saturated rings. The van der Waals surface area contributed by atoms with Gasteiger partial charge in [-0.1, -0.05) is 6.07 Å². The normalized spacial score (nSPS) is 10.4. The largest absolute Gasteiger partial charge is 0.497 e. The van der Waals surface area contributed by atoms with Gasteiger partial charge < -0.3 is 9.47 Å². The van der Waals surface area contributed by atoms with Crippen LogP contribution in [0.15, 0.2) is 47.2 Å². The molecule has 0 spiro atoms. The topological polar surface area (TPSA) is 77.5 Å². The van der Waals surface area contributed by atoms with Gasteiger partial charge in [-0.25, -0.2) is 4.98 Å². The summed E-state index contributed by atoms with van der Waals surface area (Å²) in [6, 6.07) is 11.4. The molecule has 0 unspecified atom stereocenters. The number of rotatable bonds is 8. The standard InChI is InChI=1S/C19H18N2O4S2/c1-24-14-6-4-13(5-7-14)16-12-27-19(20-16)21-17(22)11-25-18(23)9-8-15-3-2-10-26-15/h2-7,10,12H,8-9,11H2,1H3,(H,20,21,22). The molecule has 0 radical (unpaired) electrons. The van der Waals surface area contributed by atoms with Crippen LogP contribution in [-0.4, -0.2) is 30.6 Å². The minimum absolute atomic E-state index is 0.257. The van der Waals surface area contributed by atoms with Crippen LogP contribution < -0.4 is 10.1 Å². The second-order valence-corrected chi connectivity index (χ2v) is 7.44. The number of aromatic nitrogens is 1. The van der Waals surface area contributed by atoms with E-state index in [1.807, 2.05) is 47.2 Å². The smallest absolute Gasteiger partial charge is 0.306 e. The maximum absolute atomic E-state index is 11.9. The van der Waals surface area contributed by atoms with Crippen molar-refractivity contribution in [2.24, 2.45) is 0 Å². The molecule has 1 N–H and O–H groups in total. The number of thiophene rings is 1. The van der Waals surface area contributed by atoms with Gasteiger partial charge in [0, 0.05) is 15.8 Å². The predicted molar refractivity (Wildman–Crippen MR) is 106 cm³/mol. The van der Waals surface area contributed by atoms with Crippen LogP contribution in [0.5, 0.6) is 5.75 Å². The van der Waals surface area contributed by atoms with E-state index in [9.17, 15) is 9.59 Å². The number of amides is 1. The van der Waals surface area contributed by atoms with Gasteiger partial charge in [0.2, 0.25) is 0 Å². The van der Waals surface area contributed by atoms with Crippen LogP contribution in [-0.2, 0) is 20.7 Å². The first-order chi connectivity index (χ1) is 13.1. The molecule has 140 valence electrons. The highest BCUT2D eigenvalue weighted by Gasteiger charge is 2.11. The summed E-state index contributed by atoms with van der Waals surface area (Å²) in [5.74, 6) is -0.0323. The summed E-state index contributed by atoms with van der Waals surface area (Å²) < 4.78 is 10.1. The lowest BCUT2D eigenvalue weighted by atomic mass is 10.2. The molecule has 0 aliphatic carbocycles. The Morgan fingerprint density at radius 2 is 1.96 bits per heavy atom. The summed E-state index contributed by atoms with van der Waals surface area (Å²) in [7, 11) is 1.61. The van der Waals surface area contributed by atoms with Crippen molar-refractivity contribution in [2.75, 3.05) is 19.0 Å². The second-order valence-electron chi connectivity index (χ2n) is 5.55. The number of anilines is 1. The lowest BCUT2D eigenvalue weighted by molar-refractivity contribution is -0.147. The Bertz CT molecular complexity index is 889. The van der Waals surface area contributed by atoms with E-state index >= 15 is 0 Å². The summed E-state index contributed by atoms with van der Waals surface area (Å²) in [5.41, 5.74) is 1.68. The van der Waals surface area contributed by atoms with Crippen LogP contribution in [0.2, 0.25) is 0 Å². The first-order valence-electron chi connectivity index (χ1n) is 8.22. The Morgan fingerprint density at radius 1 is 1.15 bits per heavy atom. The third-order valence-corrected chi connectivity index (χ3v) is 5.35. The van der Waals surface area contributed by atoms with E-state index in [1.165, 1.54) is 11.3 Å². The van der Waals surface area contributed by atoms with E-state index in [4.69, 9.17) is 9.47 Å². The summed E-state index contributed by atoms with van der Waals surface area (Å²) in [6.45, 7) is -0.319. The number of nitrogens with zero attached hydrogens (tertiary/aromatic N) is 1. The van der Waals surface area contributed by atoms with Crippen molar-refractivity contribution in [1.29, 1.82) is 0 Å². The number of aryl methyl sites for hydroxylation is 1. The van der Waals surface area contributed by atoms with Gasteiger partial charge in [0.15, 0.2) is 11.7 Å². The minimum atomic E-state index is -0.407. The monoisotopic (exact) mass is 402 g/mol. The Balaban J connectivity index is 1.45. The van der Waals surface area contributed by atoms with Crippen LogP contribution in [0, 0.1) is 0 Å². The highest BCUT2D eigenvalue weighted by molar-refractivity contribution is 7.14. The molecule has 0 atom stereocenters. The van der Waals surface area contributed by atoms with Crippen molar-refractivity contribution in [3.8, 4) is 17.0 Å². The van der Waals surface area contributed by atoms with E-state index in [0.29, 0.717) is 11.6 Å². The number of hydrogen-bond donors (Lipinski definition) is 1. The van der Waals surface area contributed by atoms with Crippen molar-refractivity contribution in [3.63, 3.8) is 0 Å². The molecule has 0 saturated carbocycles. The number of nitrogens with one attached hydrogen (secondary N) is 1. The van der Waals surface area contributed by atoms with Crippen molar-refractivity contribution in [1.82, 2.24) is 4.98 Å². The second kappa shape index (κ2) is 9.29. The van der Waals surface area contributed by atoms with Gasteiger partial charge in [0.05, 0.1) is 19.2 Å². The van der Waals surface area contributed by atoms with E-state index in [2.05, 4.69) is 10.3 Å². The van der Waals surface area contributed by atoms with Gasteiger partial charge in [-0.2, -0.15) is 0 Å². The van der Waals surface area contributed by atoms with Crippen molar-refractivity contribution < 1.29 is 19.1 Å². The molecule has 3 aromatic rings. The van der Waals surface area contributed by atoms with Gasteiger partial charge in [-0.3, -0.25) is 14.9 Å². The van der Waals surface area contributed by atoms with E-state index in [-0.39, 0.29) is 13.0 Å². The molecular weight excluding hydrogens is 384 g/mol. The third kappa shape index (κ3) is 5.63. The number of benzene rings is 1. The van der Waals surface area contributed by atoms with Crippen LogP contribution in [0.1, 0.15) is 11.3 Å². The number of hydrogen-bond acceptors (Lipinski definition) is 7. The number of methoxy groups -OCH3 is 1. The highest BCUT2D eigenvalue weighted by atomic mass is 32.1. The Kier molecular flexibility index (Phi) is 6.56. The Morgan fingerprint density at radius 3 is 2.67 bits per heavy atom. The van der Waals surface area contributed by atoms with Gasteiger partial charge in [0.1, 0.15) is 5.75 Å². The van der Waals surface area contributed by atoms with Crippen molar-refractivity contribution in [3.05, 3.63) is 52.0 Å². The molecule has 3 rings (SSSR count). The summed E-state index contributed by atoms with van der Waals surface area (Å²) >= 11 is 2.90. The molecule has 27 heavy (non-hydrogen) atoms. The molecule has 1 amide bonds. The van der Waals surface area contributed by atoms with E-state index in [0.717, 1.165) is 21.9 Å². The quantitative estimate of drug-likeness (QED) is 0.577. The van der Waals surface area contributed by atoms with Crippen LogP contribution in [0.4, 0.5) is 5.13 Å². The maximum atomic E-state index is 11.9. The fourth-order valence-electron chi connectivity index (χ4n) is 2.28. The molecule has 0 aliphatic rings. The predicted octanol–water partition coefficient (Wildman–Crippen LogP) is 3.99. The summed E-state index contributed by atoms with van der Waals surface area (Å²) in [4.78, 5) is 29.2. The zero-order chi connectivity index (χ0) is 19.1. The lowest BCUT2D eigenvalue weighted by Crippen LogP contribution is -2.20. The van der Waals surface area contributed by atoms with E-state index < -0.39 is 11.9 Å². The molecule has 1 aromatic carbocycles. The number of thiazole rings is 1. The fourth-order valence-corrected chi connectivity index (χ4v) is 3.72. The zero-order valence-corrected chi connectivity index (χ0v) is 16.3. The zero-order valence-electron chi connectivity index (χ0n) is 14.6.